The van der Waals surface area contributed by atoms with Crippen LogP contribution in [0.2, 0.25) is 0 Å². The number of amides is 2. The Morgan fingerprint density at radius 2 is 1.83 bits per heavy atom. The highest BCUT2D eigenvalue weighted by atomic mass is 16.5. The Bertz CT molecular complexity index is 1320. The van der Waals surface area contributed by atoms with Crippen LogP contribution in [0.4, 0.5) is 0 Å². The number of esters is 1. The van der Waals surface area contributed by atoms with Gasteiger partial charge in [-0.3, -0.25) is 9.59 Å². The van der Waals surface area contributed by atoms with Gasteiger partial charge in [0.25, 0.3) is 11.8 Å². The minimum Gasteiger partial charge on any atom is -0.477 e. The summed E-state index contributed by atoms with van der Waals surface area (Å²) in [6.45, 7) is 7.63. The van der Waals surface area contributed by atoms with Crippen molar-refractivity contribution in [2.45, 2.75) is 77.0 Å². The molecule has 2 atom stereocenters. The number of ether oxygens (including phenoxy) is 2. The van der Waals surface area contributed by atoms with Crippen LogP contribution < -0.4 is 15.4 Å². The van der Waals surface area contributed by atoms with Gasteiger partial charge in [-0.1, -0.05) is 32.0 Å². The summed E-state index contributed by atoms with van der Waals surface area (Å²) < 4.78 is 12.7. The first kappa shape index (κ1) is 29.8. The summed E-state index contributed by atoms with van der Waals surface area (Å²) in [6.07, 6.45) is 9.38. The molecule has 10 heteroatoms. The first-order valence-corrected chi connectivity index (χ1v) is 14.9. The van der Waals surface area contributed by atoms with Crippen LogP contribution in [0.3, 0.4) is 0 Å². The molecule has 42 heavy (non-hydrogen) atoms. The second kappa shape index (κ2) is 11.9. The summed E-state index contributed by atoms with van der Waals surface area (Å²) in [5.41, 5.74) is -0.661. The molecule has 226 valence electrons. The SMILES string of the molecule is CC(C)COc1c(C(=O)NC2C3CC4CC2CC(O)(C4)C3)cnn1/C=C/C(C)(C)NC(=O)COC(=O)c1ccccc1. The van der Waals surface area contributed by atoms with Crippen LogP contribution >= 0.6 is 0 Å². The van der Waals surface area contributed by atoms with Crippen molar-refractivity contribution in [3.63, 3.8) is 0 Å². The molecule has 10 nitrogen and oxygen atoms in total. The minimum atomic E-state index is -0.819. The van der Waals surface area contributed by atoms with Gasteiger partial charge in [-0.05, 0) is 87.8 Å². The molecule has 0 spiro atoms. The number of nitrogens with zero attached hydrogens (tertiary/aromatic N) is 2. The molecular weight excluding hydrogens is 536 g/mol. The van der Waals surface area contributed by atoms with E-state index in [9.17, 15) is 19.5 Å². The fourth-order valence-electron chi connectivity index (χ4n) is 6.93. The van der Waals surface area contributed by atoms with Crippen molar-refractivity contribution >= 4 is 24.0 Å². The van der Waals surface area contributed by atoms with Gasteiger partial charge in [0.05, 0.1) is 29.5 Å². The van der Waals surface area contributed by atoms with Gasteiger partial charge in [-0.25, -0.2) is 9.48 Å². The molecule has 1 aromatic heterocycles. The Hall–Kier alpha value is -3.66. The molecular formula is C32H42N4O6. The van der Waals surface area contributed by atoms with E-state index in [4.69, 9.17) is 9.47 Å². The van der Waals surface area contributed by atoms with Crippen molar-refractivity contribution < 1.29 is 29.0 Å². The van der Waals surface area contributed by atoms with Crippen molar-refractivity contribution in [2.24, 2.45) is 23.7 Å². The summed E-state index contributed by atoms with van der Waals surface area (Å²) in [4.78, 5) is 38.2. The maximum absolute atomic E-state index is 13.5. The Kier molecular flexibility index (Phi) is 8.46. The lowest BCUT2D eigenvalue weighted by molar-refractivity contribution is -0.137. The zero-order valence-corrected chi connectivity index (χ0v) is 24.8. The van der Waals surface area contributed by atoms with E-state index in [2.05, 4.69) is 15.7 Å². The van der Waals surface area contributed by atoms with Crippen LogP contribution in [0.5, 0.6) is 5.88 Å². The number of aliphatic hydroxyl groups is 1. The summed E-state index contributed by atoms with van der Waals surface area (Å²) >= 11 is 0. The third-order valence-electron chi connectivity index (χ3n) is 8.52. The summed E-state index contributed by atoms with van der Waals surface area (Å²) in [5, 5.41) is 21.4. The van der Waals surface area contributed by atoms with E-state index in [0.717, 1.165) is 32.1 Å². The zero-order valence-electron chi connectivity index (χ0n) is 24.8. The van der Waals surface area contributed by atoms with E-state index in [1.165, 1.54) is 10.9 Å². The Balaban J connectivity index is 1.23. The summed E-state index contributed by atoms with van der Waals surface area (Å²) in [7, 11) is 0. The van der Waals surface area contributed by atoms with Gasteiger partial charge in [-0.15, -0.1) is 0 Å². The van der Waals surface area contributed by atoms with Gasteiger partial charge in [0.2, 0.25) is 5.88 Å². The van der Waals surface area contributed by atoms with Gasteiger partial charge in [0, 0.05) is 12.2 Å². The van der Waals surface area contributed by atoms with Crippen LogP contribution in [0, 0.1) is 23.7 Å². The molecule has 0 radical (unpaired) electrons. The largest absolute Gasteiger partial charge is 0.477 e. The van der Waals surface area contributed by atoms with Gasteiger partial charge in [-0.2, -0.15) is 5.10 Å². The third-order valence-corrected chi connectivity index (χ3v) is 8.52. The molecule has 1 heterocycles. The molecule has 2 unspecified atom stereocenters. The van der Waals surface area contributed by atoms with Crippen molar-refractivity contribution in [3.8, 4) is 5.88 Å². The highest BCUT2D eigenvalue weighted by molar-refractivity contribution is 5.96. The normalized spacial score (nSPS) is 26.4. The zero-order chi connectivity index (χ0) is 30.1. The van der Waals surface area contributed by atoms with Crippen molar-refractivity contribution in [1.82, 2.24) is 20.4 Å². The lowest BCUT2D eigenvalue weighted by atomic mass is 9.52. The lowest BCUT2D eigenvalue weighted by Crippen LogP contribution is -2.61. The van der Waals surface area contributed by atoms with E-state index in [-0.39, 0.29) is 29.7 Å². The number of hydrogen-bond acceptors (Lipinski definition) is 7. The molecule has 4 aliphatic rings. The highest BCUT2D eigenvalue weighted by Crippen LogP contribution is 2.55. The lowest BCUT2D eigenvalue weighted by Gasteiger charge is -2.58. The Labute approximate surface area is 246 Å². The third kappa shape index (κ3) is 6.86. The first-order valence-electron chi connectivity index (χ1n) is 14.9. The topological polar surface area (TPSA) is 132 Å². The molecule has 0 saturated heterocycles. The number of benzene rings is 1. The van der Waals surface area contributed by atoms with E-state index in [1.807, 2.05) is 13.8 Å². The predicted octanol–water partition coefficient (Wildman–Crippen LogP) is 3.81. The number of carbonyl (C=O) groups is 3. The number of hydrogen-bond donors (Lipinski definition) is 3. The van der Waals surface area contributed by atoms with Crippen LogP contribution in [0.25, 0.3) is 6.20 Å². The smallest absolute Gasteiger partial charge is 0.338 e. The van der Waals surface area contributed by atoms with E-state index in [0.29, 0.717) is 29.5 Å². The van der Waals surface area contributed by atoms with Crippen LogP contribution in [0.1, 0.15) is 80.5 Å². The monoisotopic (exact) mass is 578 g/mol. The molecule has 4 bridgehead atoms. The average Bonchev–Trinajstić information content (AvgIpc) is 3.33. The summed E-state index contributed by atoms with van der Waals surface area (Å²) in [5.74, 6) is 0.438. The first-order chi connectivity index (χ1) is 19.9. The quantitative estimate of drug-likeness (QED) is 0.346. The second-order valence-corrected chi connectivity index (χ2v) is 13.2. The standard InChI is InChI=1S/C32H42N4O6/c1-20(2)18-41-29-25(28(38)34-27-23-12-21-13-24(27)16-32(40,14-21)15-23)17-33-36(29)11-10-31(3,4)35-26(37)19-42-30(39)22-8-6-5-7-9-22/h5-11,17,20-21,23-24,27,40H,12-16,18-19H2,1-4H3,(H,34,38)(H,35,37)/b11-10+. The van der Waals surface area contributed by atoms with Gasteiger partial charge >= 0.3 is 5.97 Å². The molecule has 2 amide bonds. The number of rotatable bonds is 11. The van der Waals surface area contributed by atoms with Gasteiger partial charge < -0.3 is 25.2 Å². The molecule has 4 saturated carbocycles. The number of aromatic nitrogens is 2. The van der Waals surface area contributed by atoms with Gasteiger partial charge in [0.1, 0.15) is 5.56 Å². The van der Waals surface area contributed by atoms with Crippen molar-refractivity contribution in [2.75, 3.05) is 13.2 Å². The molecule has 4 aliphatic carbocycles. The average molecular weight is 579 g/mol. The molecule has 1 aromatic carbocycles. The Morgan fingerprint density at radius 3 is 2.48 bits per heavy atom. The van der Waals surface area contributed by atoms with Crippen LogP contribution in [-0.2, 0) is 9.53 Å². The van der Waals surface area contributed by atoms with Crippen molar-refractivity contribution in [3.05, 3.63) is 53.7 Å². The fraction of sp³-hybridized carbons (Fsp3) is 0.562. The summed E-state index contributed by atoms with van der Waals surface area (Å²) in [6, 6.07) is 8.53. The Morgan fingerprint density at radius 1 is 1.14 bits per heavy atom. The second-order valence-electron chi connectivity index (χ2n) is 13.2. The molecule has 4 fully saturated rings. The molecule has 6 rings (SSSR count). The minimum absolute atomic E-state index is 0.0382. The van der Waals surface area contributed by atoms with Crippen molar-refractivity contribution in [1.29, 1.82) is 0 Å². The van der Waals surface area contributed by atoms with E-state index >= 15 is 0 Å². The van der Waals surface area contributed by atoms with E-state index < -0.39 is 29.6 Å². The van der Waals surface area contributed by atoms with E-state index in [1.54, 1.807) is 56.5 Å². The highest BCUT2D eigenvalue weighted by Gasteiger charge is 2.55. The maximum atomic E-state index is 13.5. The van der Waals surface area contributed by atoms with Gasteiger partial charge in [0.15, 0.2) is 6.61 Å². The van der Waals surface area contributed by atoms with Crippen LogP contribution in [-0.4, -0.2) is 63.1 Å². The fourth-order valence-corrected chi connectivity index (χ4v) is 6.93. The molecule has 2 aromatic rings. The number of nitrogens with one attached hydrogen (secondary N) is 2. The molecule has 3 N–H and O–H groups in total. The molecule has 0 aliphatic heterocycles. The predicted molar refractivity (Wildman–Crippen MR) is 157 cm³/mol. The number of carbonyl (C=O) groups excluding carboxylic acids is 3. The van der Waals surface area contributed by atoms with Crippen LogP contribution in [0.15, 0.2) is 42.6 Å². The maximum Gasteiger partial charge on any atom is 0.338 e.